The molecular weight excluding hydrogens is 678 g/mol. The number of aromatic nitrogens is 2. The van der Waals surface area contributed by atoms with Crippen LogP contribution < -0.4 is 30.7 Å². The van der Waals surface area contributed by atoms with Gasteiger partial charge in [-0.25, -0.2) is 4.68 Å². The largest absolute Gasteiger partial charge is 0.492 e. The summed E-state index contributed by atoms with van der Waals surface area (Å²) in [6, 6.07) is 22.6. The van der Waals surface area contributed by atoms with Crippen molar-refractivity contribution in [3.63, 3.8) is 0 Å². The Kier molecular flexibility index (Phi) is 12.0. The summed E-state index contributed by atoms with van der Waals surface area (Å²) in [5.41, 5.74) is 1.49. The lowest BCUT2D eigenvalue weighted by atomic mass is 9.88. The van der Waals surface area contributed by atoms with Crippen molar-refractivity contribution in [1.29, 1.82) is 0 Å². The number of fused-ring (bicyclic) bond motifs is 15. The number of rotatable bonds is 6. The monoisotopic (exact) mass is 723 g/mol. The quantitative estimate of drug-likeness (QED) is 0.185. The van der Waals surface area contributed by atoms with Crippen molar-refractivity contribution in [2.75, 3.05) is 32.8 Å². The fourth-order valence-electron chi connectivity index (χ4n) is 6.45. The van der Waals surface area contributed by atoms with Crippen LogP contribution in [0.4, 0.5) is 0 Å². The standard InChI is InChI=1S/C39H45N7O7/c1-27-35(48)40-18-22-52-31-11-13-32(14-12-31)53-39(15-20-45(21-16-39)25-29-9-5-10-30(23-29)46-19-6-17-41-46)38(51)44-33(24-28-7-3-2-4-8-28)36(49)43-34(26-47)37(50)42-27/h2-14,17,19,23,27,33-34,47H,15-16,18,20-22,24-26H2,1H3,(H,40,48)(H,42,50)(H,43,49)(H,44,51)/t27-,33+,34-/m0/s1. The predicted octanol–water partition coefficient (Wildman–Crippen LogP) is 1.50. The topological polar surface area (TPSA) is 176 Å². The van der Waals surface area contributed by atoms with E-state index < -0.39 is 54.0 Å². The first kappa shape index (κ1) is 37.0. The Morgan fingerprint density at radius 2 is 1.53 bits per heavy atom. The molecule has 0 aliphatic carbocycles. The van der Waals surface area contributed by atoms with Gasteiger partial charge in [0.15, 0.2) is 5.60 Å². The Labute approximate surface area is 307 Å². The summed E-state index contributed by atoms with van der Waals surface area (Å²) in [6.45, 7) is 2.83. The first-order valence-electron chi connectivity index (χ1n) is 17.8. The maximum atomic E-state index is 14.5. The lowest BCUT2D eigenvalue weighted by Crippen LogP contribution is -2.62. The number of hydrogen-bond donors (Lipinski definition) is 5. The minimum Gasteiger partial charge on any atom is -0.492 e. The molecule has 278 valence electrons. The van der Waals surface area contributed by atoms with Gasteiger partial charge in [-0.2, -0.15) is 5.10 Å². The smallest absolute Gasteiger partial charge is 0.264 e. The van der Waals surface area contributed by atoms with Crippen molar-refractivity contribution in [2.45, 2.75) is 56.5 Å². The number of hydrogen-bond acceptors (Lipinski definition) is 9. The van der Waals surface area contributed by atoms with E-state index in [2.05, 4.69) is 43.4 Å². The molecule has 3 aliphatic heterocycles. The summed E-state index contributed by atoms with van der Waals surface area (Å²) in [4.78, 5) is 56.4. The highest BCUT2D eigenvalue weighted by Crippen LogP contribution is 2.31. The summed E-state index contributed by atoms with van der Waals surface area (Å²) >= 11 is 0. The average molecular weight is 724 g/mol. The Hall–Kier alpha value is -5.73. The van der Waals surface area contributed by atoms with Gasteiger partial charge >= 0.3 is 0 Å². The van der Waals surface area contributed by atoms with E-state index in [9.17, 15) is 24.3 Å². The maximum absolute atomic E-state index is 14.5. The Bertz CT molecular complexity index is 1850. The summed E-state index contributed by atoms with van der Waals surface area (Å²) in [6.07, 6.45) is 4.39. The zero-order chi connectivity index (χ0) is 37.2. The maximum Gasteiger partial charge on any atom is 0.264 e. The van der Waals surface area contributed by atoms with Crippen LogP contribution in [-0.4, -0.2) is 100.0 Å². The number of carbonyl (C=O) groups excluding carboxylic acids is 4. The van der Waals surface area contributed by atoms with Gasteiger partial charge in [0.25, 0.3) is 5.91 Å². The zero-order valence-corrected chi connectivity index (χ0v) is 29.6. The molecule has 3 aliphatic rings. The van der Waals surface area contributed by atoms with Crippen LogP contribution in [0.1, 0.15) is 30.9 Å². The molecule has 53 heavy (non-hydrogen) atoms. The minimum absolute atomic E-state index is 0.109. The number of aliphatic hydroxyl groups is 1. The third kappa shape index (κ3) is 9.58. The van der Waals surface area contributed by atoms with Crippen LogP contribution in [0.2, 0.25) is 0 Å². The summed E-state index contributed by atoms with van der Waals surface area (Å²) in [7, 11) is 0. The molecule has 3 atom stereocenters. The van der Waals surface area contributed by atoms with Crippen LogP contribution in [0.25, 0.3) is 5.69 Å². The van der Waals surface area contributed by atoms with E-state index in [4.69, 9.17) is 9.47 Å². The molecule has 14 nitrogen and oxygen atoms in total. The number of aliphatic hydroxyl groups excluding tert-OH is 1. The number of nitrogens with one attached hydrogen (secondary N) is 4. The average Bonchev–Trinajstić information content (AvgIpc) is 3.72. The lowest BCUT2D eigenvalue weighted by molar-refractivity contribution is -0.144. The highest BCUT2D eigenvalue weighted by Gasteiger charge is 2.45. The molecule has 0 saturated carbocycles. The van der Waals surface area contributed by atoms with Gasteiger partial charge < -0.3 is 35.8 Å². The zero-order valence-electron chi connectivity index (χ0n) is 29.6. The number of amides is 4. The van der Waals surface area contributed by atoms with E-state index in [1.54, 1.807) is 30.5 Å². The van der Waals surface area contributed by atoms with Crippen LogP contribution in [0, 0.1) is 0 Å². The van der Waals surface area contributed by atoms with E-state index in [0.717, 1.165) is 16.8 Å². The van der Waals surface area contributed by atoms with Gasteiger partial charge in [0.05, 0.1) is 18.8 Å². The second-order valence-corrected chi connectivity index (χ2v) is 13.3. The van der Waals surface area contributed by atoms with Crippen LogP contribution in [0.15, 0.2) is 97.3 Å². The summed E-state index contributed by atoms with van der Waals surface area (Å²) in [5.74, 6) is -1.37. The molecule has 1 spiro atoms. The second kappa shape index (κ2) is 17.2. The van der Waals surface area contributed by atoms with Gasteiger partial charge in [-0.15, -0.1) is 0 Å². The van der Waals surface area contributed by atoms with Crippen molar-refractivity contribution in [1.82, 2.24) is 35.9 Å². The lowest BCUT2D eigenvalue weighted by Gasteiger charge is -2.41. The van der Waals surface area contributed by atoms with Gasteiger partial charge in [0, 0.05) is 51.3 Å². The first-order chi connectivity index (χ1) is 25.7. The van der Waals surface area contributed by atoms with Crippen molar-refractivity contribution in [3.8, 4) is 17.2 Å². The van der Waals surface area contributed by atoms with Crippen molar-refractivity contribution in [2.24, 2.45) is 0 Å². The Morgan fingerprint density at radius 1 is 0.811 bits per heavy atom. The number of piperidine rings is 1. The molecule has 14 heteroatoms. The molecule has 4 aromatic rings. The molecule has 1 aromatic heterocycles. The number of benzene rings is 3. The molecule has 0 radical (unpaired) electrons. The van der Waals surface area contributed by atoms with Crippen molar-refractivity contribution < 1.29 is 33.8 Å². The highest BCUT2D eigenvalue weighted by atomic mass is 16.5. The van der Waals surface area contributed by atoms with Crippen LogP contribution in [-0.2, 0) is 32.1 Å². The molecule has 4 heterocycles. The third-order valence-corrected chi connectivity index (χ3v) is 9.44. The first-order valence-corrected chi connectivity index (χ1v) is 17.8. The molecule has 1 saturated heterocycles. The summed E-state index contributed by atoms with van der Waals surface area (Å²) in [5, 5.41) is 25.2. The van der Waals surface area contributed by atoms with Crippen LogP contribution in [0.3, 0.4) is 0 Å². The van der Waals surface area contributed by atoms with Gasteiger partial charge in [-0.05, 0) is 60.5 Å². The van der Waals surface area contributed by atoms with E-state index in [1.807, 2.05) is 59.4 Å². The summed E-state index contributed by atoms with van der Waals surface area (Å²) < 4.78 is 14.2. The molecule has 2 bridgehead atoms. The highest BCUT2D eigenvalue weighted by molar-refractivity contribution is 5.95. The van der Waals surface area contributed by atoms with Gasteiger partial charge in [0.1, 0.15) is 36.2 Å². The molecule has 0 unspecified atom stereocenters. The number of ether oxygens (including phenoxy) is 2. The fraction of sp³-hybridized carbons (Fsp3) is 0.359. The van der Waals surface area contributed by atoms with E-state index in [1.165, 1.54) is 6.92 Å². The SMILES string of the molecule is C[C@@H]1NC(=O)[C@H](CO)NC(=O)[C@@H](Cc2ccccc2)NC(=O)C2(CCN(Cc3cccc(-n4cccn4)c3)CC2)Oc2ccc(cc2)OCCNC1=O. The van der Waals surface area contributed by atoms with E-state index in [-0.39, 0.29) is 19.6 Å². The molecule has 3 aromatic carbocycles. The van der Waals surface area contributed by atoms with Gasteiger partial charge in [-0.1, -0.05) is 42.5 Å². The number of nitrogens with zero attached hydrogens (tertiary/aromatic N) is 3. The predicted molar refractivity (Wildman–Crippen MR) is 195 cm³/mol. The van der Waals surface area contributed by atoms with E-state index in [0.29, 0.717) is 44.0 Å². The van der Waals surface area contributed by atoms with Gasteiger partial charge in [0.2, 0.25) is 17.7 Å². The molecular formula is C39H45N7O7. The molecule has 5 N–H and O–H groups in total. The van der Waals surface area contributed by atoms with Crippen LogP contribution >= 0.6 is 0 Å². The number of carbonyl (C=O) groups is 4. The Balaban J connectivity index is 1.26. The van der Waals surface area contributed by atoms with E-state index >= 15 is 0 Å². The number of likely N-dealkylation sites (tertiary alicyclic amines) is 1. The van der Waals surface area contributed by atoms with Crippen molar-refractivity contribution >= 4 is 23.6 Å². The third-order valence-electron chi connectivity index (χ3n) is 9.44. The second-order valence-electron chi connectivity index (χ2n) is 13.3. The Morgan fingerprint density at radius 3 is 2.25 bits per heavy atom. The fourth-order valence-corrected chi connectivity index (χ4v) is 6.45. The van der Waals surface area contributed by atoms with Crippen LogP contribution in [0.5, 0.6) is 11.5 Å². The normalized spacial score (nSPS) is 21.7. The molecule has 1 fully saturated rings. The molecule has 4 amide bonds. The minimum atomic E-state index is -1.37. The molecule has 7 rings (SSSR count). The van der Waals surface area contributed by atoms with Crippen molar-refractivity contribution in [3.05, 3.63) is 108 Å². The van der Waals surface area contributed by atoms with Gasteiger partial charge in [-0.3, -0.25) is 24.1 Å².